The average molecular weight is 272 g/mol. The van der Waals surface area contributed by atoms with Crippen molar-refractivity contribution in [1.29, 1.82) is 0 Å². The molecule has 2 nitrogen and oxygen atoms in total. The highest BCUT2D eigenvalue weighted by Gasteiger charge is 2.39. The van der Waals surface area contributed by atoms with Gasteiger partial charge in [0.1, 0.15) is 6.04 Å². The fourth-order valence-electron chi connectivity index (χ4n) is 1.38. The Morgan fingerprint density at radius 1 is 1.11 bits per heavy atom. The van der Waals surface area contributed by atoms with E-state index in [0.29, 0.717) is 6.07 Å². The van der Waals surface area contributed by atoms with Crippen molar-refractivity contribution in [2.75, 3.05) is 0 Å². The van der Waals surface area contributed by atoms with E-state index < -0.39 is 30.4 Å². The fraction of sp³-hybridized carbons (Fsp3) is 0.400. The van der Waals surface area contributed by atoms with Crippen molar-refractivity contribution in [2.24, 2.45) is 5.84 Å². The number of nitrogens with one attached hydrogen (secondary N) is 1. The fourth-order valence-corrected chi connectivity index (χ4v) is 1.38. The summed E-state index contributed by atoms with van der Waals surface area (Å²) in [5.41, 5.74) is 0.462. The van der Waals surface area contributed by atoms with Gasteiger partial charge in [0.2, 0.25) is 0 Å². The van der Waals surface area contributed by atoms with E-state index >= 15 is 0 Å². The molecule has 0 bridgehead atoms. The molecule has 0 radical (unpaired) electrons. The number of nitrogens with two attached hydrogens (primary N) is 1. The van der Waals surface area contributed by atoms with Gasteiger partial charge >= 0.3 is 12.4 Å². The average Bonchev–Trinajstić information content (AvgIpc) is 2.23. The van der Waals surface area contributed by atoms with Crippen LogP contribution in [0, 0.1) is 0 Å². The van der Waals surface area contributed by atoms with Crippen LogP contribution >= 0.6 is 0 Å². The molecule has 0 saturated heterocycles. The monoisotopic (exact) mass is 272 g/mol. The minimum atomic E-state index is -4.62. The molecule has 1 aromatic carbocycles. The van der Waals surface area contributed by atoms with Gasteiger partial charge in [0.05, 0.1) is 5.56 Å². The van der Waals surface area contributed by atoms with Crippen LogP contribution in [0.25, 0.3) is 0 Å². The first-order chi connectivity index (χ1) is 8.14. The Balaban J connectivity index is 2.92. The van der Waals surface area contributed by atoms with Crippen LogP contribution < -0.4 is 11.3 Å². The molecule has 0 heterocycles. The Hall–Kier alpha value is -1.28. The maximum atomic E-state index is 12.4. The molecular formula is C10H10F6N2. The third-order valence-electron chi connectivity index (χ3n) is 2.29. The van der Waals surface area contributed by atoms with Crippen LogP contribution in [-0.2, 0) is 12.6 Å². The summed E-state index contributed by atoms with van der Waals surface area (Å²) >= 11 is 0. The zero-order valence-electron chi connectivity index (χ0n) is 8.94. The summed E-state index contributed by atoms with van der Waals surface area (Å²) in [7, 11) is 0. The number of halogens is 6. The topological polar surface area (TPSA) is 38.0 Å². The quantitative estimate of drug-likeness (QED) is 0.504. The van der Waals surface area contributed by atoms with E-state index in [-0.39, 0.29) is 5.56 Å². The lowest BCUT2D eigenvalue weighted by Gasteiger charge is -2.19. The zero-order valence-corrected chi connectivity index (χ0v) is 8.94. The second-order valence-electron chi connectivity index (χ2n) is 3.66. The normalized spacial score (nSPS) is 14.6. The highest BCUT2D eigenvalue weighted by Crippen LogP contribution is 2.30. The Kier molecular flexibility index (Phi) is 4.23. The van der Waals surface area contributed by atoms with E-state index in [1.165, 1.54) is 6.07 Å². The van der Waals surface area contributed by atoms with E-state index in [1.54, 1.807) is 5.43 Å². The lowest BCUT2D eigenvalue weighted by molar-refractivity contribution is -0.155. The van der Waals surface area contributed by atoms with Gasteiger partial charge in [0.25, 0.3) is 0 Å². The third kappa shape index (κ3) is 3.88. The highest BCUT2D eigenvalue weighted by atomic mass is 19.4. The molecule has 18 heavy (non-hydrogen) atoms. The first kappa shape index (κ1) is 14.8. The summed E-state index contributed by atoms with van der Waals surface area (Å²) in [6.45, 7) is 0. The van der Waals surface area contributed by atoms with E-state index in [4.69, 9.17) is 5.84 Å². The van der Waals surface area contributed by atoms with Crippen LogP contribution in [0.2, 0.25) is 0 Å². The molecular weight excluding hydrogens is 262 g/mol. The summed E-state index contributed by atoms with van der Waals surface area (Å²) in [5, 5.41) is 0. The van der Waals surface area contributed by atoms with Crippen LogP contribution in [0.15, 0.2) is 24.3 Å². The highest BCUT2D eigenvalue weighted by molar-refractivity contribution is 5.26. The lowest BCUT2D eigenvalue weighted by atomic mass is 10.0. The van der Waals surface area contributed by atoms with Crippen molar-refractivity contribution in [3.8, 4) is 0 Å². The van der Waals surface area contributed by atoms with Crippen LogP contribution in [0.3, 0.4) is 0 Å². The molecule has 1 rings (SSSR count). The molecule has 1 unspecified atom stereocenters. The summed E-state index contributed by atoms with van der Waals surface area (Å²) in [6.07, 6.45) is -9.87. The maximum absolute atomic E-state index is 12.4. The van der Waals surface area contributed by atoms with E-state index in [2.05, 4.69) is 0 Å². The molecule has 0 aromatic heterocycles. The first-order valence-corrected chi connectivity index (χ1v) is 4.83. The number of hydrogen-bond acceptors (Lipinski definition) is 2. The molecule has 0 spiro atoms. The van der Waals surface area contributed by atoms with E-state index in [9.17, 15) is 26.3 Å². The van der Waals surface area contributed by atoms with Crippen LogP contribution in [-0.4, -0.2) is 12.2 Å². The Morgan fingerprint density at radius 3 is 2.17 bits per heavy atom. The molecule has 0 aliphatic carbocycles. The van der Waals surface area contributed by atoms with Crippen molar-refractivity contribution in [3.63, 3.8) is 0 Å². The maximum Gasteiger partial charge on any atom is 0.416 e. The molecule has 102 valence electrons. The van der Waals surface area contributed by atoms with Gasteiger partial charge in [-0.25, -0.2) is 5.43 Å². The third-order valence-corrected chi connectivity index (χ3v) is 2.29. The van der Waals surface area contributed by atoms with Gasteiger partial charge in [-0.1, -0.05) is 18.2 Å². The van der Waals surface area contributed by atoms with Gasteiger partial charge in [-0.15, -0.1) is 0 Å². The zero-order chi connectivity index (χ0) is 14.0. The molecule has 0 fully saturated rings. The van der Waals surface area contributed by atoms with Crippen molar-refractivity contribution in [3.05, 3.63) is 35.4 Å². The minimum absolute atomic E-state index is 0.0925. The van der Waals surface area contributed by atoms with Crippen molar-refractivity contribution in [1.82, 2.24) is 5.43 Å². The number of hydrazine groups is 1. The van der Waals surface area contributed by atoms with Crippen molar-refractivity contribution in [2.45, 2.75) is 24.8 Å². The van der Waals surface area contributed by atoms with Gasteiger partial charge in [-0.2, -0.15) is 26.3 Å². The molecule has 3 N–H and O–H groups in total. The van der Waals surface area contributed by atoms with E-state index in [0.717, 1.165) is 12.1 Å². The predicted molar refractivity (Wildman–Crippen MR) is 52.3 cm³/mol. The van der Waals surface area contributed by atoms with Crippen LogP contribution in [0.1, 0.15) is 11.1 Å². The van der Waals surface area contributed by atoms with Crippen molar-refractivity contribution < 1.29 is 26.3 Å². The molecule has 0 amide bonds. The van der Waals surface area contributed by atoms with Crippen LogP contribution in [0.5, 0.6) is 0 Å². The minimum Gasteiger partial charge on any atom is -0.271 e. The number of benzene rings is 1. The Labute approximate surface area is 98.7 Å². The summed E-state index contributed by atoms with van der Waals surface area (Å²) in [4.78, 5) is 0. The van der Waals surface area contributed by atoms with Crippen molar-refractivity contribution >= 4 is 0 Å². The molecule has 1 atom stereocenters. The lowest BCUT2D eigenvalue weighted by Crippen LogP contribution is -2.47. The number of rotatable bonds is 3. The van der Waals surface area contributed by atoms with Gasteiger partial charge < -0.3 is 0 Å². The molecule has 1 aromatic rings. The molecule has 0 aliphatic rings. The summed E-state index contributed by atoms with van der Waals surface area (Å²) < 4.78 is 74.2. The Morgan fingerprint density at radius 2 is 1.72 bits per heavy atom. The standard InChI is InChI=1S/C10H10F6N2/c11-9(12,13)7-3-1-2-6(4-7)5-8(18-17)10(14,15)16/h1-4,8,18H,5,17H2. The molecule has 0 saturated carbocycles. The van der Waals surface area contributed by atoms with Gasteiger partial charge in [0.15, 0.2) is 0 Å². The van der Waals surface area contributed by atoms with E-state index in [1.807, 2.05) is 0 Å². The summed E-state index contributed by atoms with van der Waals surface area (Å²) in [6, 6.07) is 1.63. The summed E-state index contributed by atoms with van der Waals surface area (Å²) in [5.74, 6) is 4.74. The van der Waals surface area contributed by atoms with Crippen LogP contribution in [0.4, 0.5) is 26.3 Å². The molecule has 8 heteroatoms. The Bertz CT molecular complexity index is 398. The SMILES string of the molecule is NNC(Cc1cccc(C(F)(F)F)c1)C(F)(F)F. The second-order valence-corrected chi connectivity index (χ2v) is 3.66. The first-order valence-electron chi connectivity index (χ1n) is 4.83. The van der Waals surface area contributed by atoms with Gasteiger partial charge in [-0.3, -0.25) is 5.84 Å². The number of hydrogen-bond donors (Lipinski definition) is 2. The molecule has 0 aliphatic heterocycles. The van der Waals surface area contributed by atoms with Gasteiger partial charge in [0, 0.05) is 0 Å². The van der Waals surface area contributed by atoms with Gasteiger partial charge in [-0.05, 0) is 18.1 Å². The smallest absolute Gasteiger partial charge is 0.271 e. The largest absolute Gasteiger partial charge is 0.416 e. The second kappa shape index (κ2) is 5.15. The predicted octanol–water partition coefficient (Wildman–Crippen LogP) is 2.64. The number of alkyl halides is 6.